The lowest BCUT2D eigenvalue weighted by Gasteiger charge is -2.50. The number of hydrogen-bond acceptors (Lipinski definition) is 4. The molecule has 5 nitrogen and oxygen atoms in total. The maximum absolute atomic E-state index is 12.0. The molecule has 2 fully saturated rings. The van der Waals surface area contributed by atoms with Crippen molar-refractivity contribution in [2.45, 2.75) is 83.6 Å². The van der Waals surface area contributed by atoms with Crippen LogP contribution in [0.3, 0.4) is 0 Å². The average molecular weight is 312 g/mol. The maximum atomic E-state index is 12.0. The first-order chi connectivity index (χ1) is 10.3. The highest BCUT2D eigenvalue weighted by Crippen LogP contribution is 2.28. The molecule has 1 saturated heterocycles. The molecule has 2 aliphatic rings. The van der Waals surface area contributed by atoms with Crippen molar-refractivity contribution >= 4 is 6.09 Å². The van der Waals surface area contributed by atoms with E-state index in [-0.39, 0.29) is 18.2 Å². The summed E-state index contributed by atoms with van der Waals surface area (Å²) in [5.74, 6) is 0. The first-order valence-corrected chi connectivity index (χ1v) is 8.73. The molecule has 1 heterocycles. The predicted octanol–water partition coefficient (Wildman–Crippen LogP) is 2.62. The summed E-state index contributed by atoms with van der Waals surface area (Å²) in [6, 6.07) is 0.629. The number of carbonyl (C=O) groups excluding carboxylic acids is 1. The van der Waals surface area contributed by atoms with Crippen LogP contribution in [0.2, 0.25) is 0 Å². The Balaban J connectivity index is 1.89. The second-order valence-electron chi connectivity index (χ2n) is 7.70. The molecule has 0 aromatic carbocycles. The van der Waals surface area contributed by atoms with E-state index in [2.05, 4.69) is 11.8 Å². The maximum Gasteiger partial charge on any atom is 0.410 e. The van der Waals surface area contributed by atoms with Crippen molar-refractivity contribution in [1.29, 1.82) is 0 Å². The summed E-state index contributed by atoms with van der Waals surface area (Å²) < 4.78 is 5.42. The Morgan fingerprint density at radius 2 is 1.91 bits per heavy atom. The zero-order chi connectivity index (χ0) is 16.3. The van der Waals surface area contributed by atoms with Crippen LogP contribution < -0.4 is 0 Å². The molecule has 0 bridgehead atoms. The van der Waals surface area contributed by atoms with Gasteiger partial charge in [-0.15, -0.1) is 0 Å². The molecule has 0 radical (unpaired) electrons. The molecule has 1 saturated carbocycles. The number of amides is 1. The summed E-state index contributed by atoms with van der Waals surface area (Å²) >= 11 is 0. The van der Waals surface area contributed by atoms with E-state index in [1.54, 1.807) is 4.90 Å². The minimum Gasteiger partial charge on any atom is -0.444 e. The van der Waals surface area contributed by atoms with Crippen molar-refractivity contribution in [3.63, 3.8) is 0 Å². The summed E-state index contributed by atoms with van der Waals surface area (Å²) in [5.41, 5.74) is -0.440. The smallest absolute Gasteiger partial charge is 0.410 e. The quantitative estimate of drug-likeness (QED) is 0.867. The Bertz CT molecular complexity index is 375. The lowest BCUT2D eigenvalue weighted by atomic mass is 9.89. The lowest BCUT2D eigenvalue weighted by molar-refractivity contribution is -0.0548. The zero-order valence-electron chi connectivity index (χ0n) is 14.5. The van der Waals surface area contributed by atoms with Crippen molar-refractivity contribution < 1.29 is 14.6 Å². The van der Waals surface area contributed by atoms with Crippen molar-refractivity contribution in [1.82, 2.24) is 9.80 Å². The number of ether oxygens (including phenoxy) is 1. The van der Waals surface area contributed by atoms with Crippen LogP contribution in [-0.4, -0.2) is 64.4 Å². The summed E-state index contributed by atoms with van der Waals surface area (Å²) in [6.07, 6.45) is 4.96. The van der Waals surface area contributed by atoms with E-state index in [0.717, 1.165) is 45.3 Å². The third-order valence-corrected chi connectivity index (χ3v) is 4.58. The van der Waals surface area contributed by atoms with Crippen molar-refractivity contribution in [3.05, 3.63) is 0 Å². The molecular formula is C17H32N2O3. The van der Waals surface area contributed by atoms with Gasteiger partial charge in [-0.1, -0.05) is 19.8 Å². The van der Waals surface area contributed by atoms with Crippen molar-refractivity contribution in [3.8, 4) is 0 Å². The Labute approximate surface area is 134 Å². The van der Waals surface area contributed by atoms with Gasteiger partial charge in [-0.05, 0) is 46.6 Å². The highest BCUT2D eigenvalue weighted by Gasteiger charge is 2.41. The molecule has 2 atom stereocenters. The number of aliphatic hydroxyl groups excluding tert-OH is 1. The Morgan fingerprint density at radius 3 is 2.45 bits per heavy atom. The SMILES string of the molecule is CCCN(C1CN(C(=O)OC(C)(C)C)C1)[C@H]1CCCC[C@@H]1O. The second kappa shape index (κ2) is 7.18. The lowest BCUT2D eigenvalue weighted by Crippen LogP contribution is -2.65. The fraction of sp³-hybridized carbons (Fsp3) is 0.941. The van der Waals surface area contributed by atoms with E-state index in [9.17, 15) is 9.90 Å². The Hall–Kier alpha value is -0.810. The first kappa shape index (κ1) is 17.5. The largest absolute Gasteiger partial charge is 0.444 e. The third-order valence-electron chi connectivity index (χ3n) is 4.58. The molecular weight excluding hydrogens is 280 g/mol. The molecule has 0 aromatic heterocycles. The van der Waals surface area contributed by atoms with Gasteiger partial charge in [0.15, 0.2) is 0 Å². The topological polar surface area (TPSA) is 53.0 Å². The Kier molecular flexibility index (Phi) is 5.72. The van der Waals surface area contributed by atoms with Gasteiger partial charge in [0, 0.05) is 25.2 Å². The number of hydrogen-bond donors (Lipinski definition) is 1. The molecule has 0 aromatic rings. The van der Waals surface area contributed by atoms with E-state index in [0.29, 0.717) is 6.04 Å². The van der Waals surface area contributed by atoms with Gasteiger partial charge >= 0.3 is 6.09 Å². The highest BCUT2D eigenvalue weighted by molar-refractivity contribution is 5.69. The minimum absolute atomic E-state index is 0.212. The molecule has 128 valence electrons. The predicted molar refractivity (Wildman–Crippen MR) is 86.9 cm³/mol. The van der Waals surface area contributed by atoms with Gasteiger partial charge in [0.05, 0.1) is 6.10 Å². The molecule has 1 amide bonds. The average Bonchev–Trinajstić information content (AvgIpc) is 2.34. The molecule has 2 rings (SSSR count). The Morgan fingerprint density at radius 1 is 1.27 bits per heavy atom. The number of aliphatic hydroxyl groups is 1. The van der Waals surface area contributed by atoms with Gasteiger partial charge in [0.25, 0.3) is 0 Å². The van der Waals surface area contributed by atoms with E-state index in [1.807, 2.05) is 20.8 Å². The van der Waals surface area contributed by atoms with Crippen LogP contribution in [0.4, 0.5) is 4.79 Å². The van der Waals surface area contributed by atoms with Crippen LogP contribution in [0.5, 0.6) is 0 Å². The molecule has 0 unspecified atom stereocenters. The van der Waals surface area contributed by atoms with Gasteiger partial charge in [0.1, 0.15) is 5.60 Å². The molecule has 5 heteroatoms. The fourth-order valence-electron chi connectivity index (χ4n) is 3.50. The van der Waals surface area contributed by atoms with Crippen LogP contribution in [0.1, 0.15) is 59.8 Å². The van der Waals surface area contributed by atoms with E-state index in [1.165, 1.54) is 6.42 Å². The van der Waals surface area contributed by atoms with Gasteiger partial charge in [-0.25, -0.2) is 4.79 Å². The van der Waals surface area contributed by atoms with E-state index >= 15 is 0 Å². The van der Waals surface area contributed by atoms with Crippen LogP contribution >= 0.6 is 0 Å². The van der Waals surface area contributed by atoms with Crippen LogP contribution in [0.25, 0.3) is 0 Å². The standard InChI is InChI=1S/C17H32N2O3/c1-5-10-19(14-8-6-7-9-15(14)20)13-11-18(12-13)16(21)22-17(2,3)4/h13-15,20H,5-12H2,1-4H3/t14-,15-/m0/s1. The van der Waals surface area contributed by atoms with Gasteiger partial charge in [-0.2, -0.15) is 0 Å². The van der Waals surface area contributed by atoms with E-state index in [4.69, 9.17) is 4.74 Å². The molecule has 1 N–H and O–H groups in total. The number of carbonyl (C=O) groups is 1. The van der Waals surface area contributed by atoms with Gasteiger partial charge in [-0.3, -0.25) is 4.90 Å². The number of likely N-dealkylation sites (tertiary alicyclic amines) is 1. The van der Waals surface area contributed by atoms with Crippen LogP contribution in [0.15, 0.2) is 0 Å². The molecule has 1 aliphatic carbocycles. The summed E-state index contributed by atoms with van der Waals surface area (Å²) in [5, 5.41) is 10.3. The monoisotopic (exact) mass is 312 g/mol. The highest BCUT2D eigenvalue weighted by atomic mass is 16.6. The van der Waals surface area contributed by atoms with Gasteiger partial charge < -0.3 is 14.7 Å². The van der Waals surface area contributed by atoms with E-state index < -0.39 is 5.60 Å². The minimum atomic E-state index is -0.440. The van der Waals surface area contributed by atoms with Gasteiger partial charge in [0.2, 0.25) is 0 Å². The summed E-state index contributed by atoms with van der Waals surface area (Å²) in [6.45, 7) is 10.3. The molecule has 22 heavy (non-hydrogen) atoms. The summed E-state index contributed by atoms with van der Waals surface area (Å²) in [7, 11) is 0. The zero-order valence-corrected chi connectivity index (χ0v) is 14.5. The normalized spacial score (nSPS) is 26.9. The molecule has 1 aliphatic heterocycles. The van der Waals surface area contributed by atoms with Crippen LogP contribution in [0, 0.1) is 0 Å². The number of rotatable bonds is 4. The fourth-order valence-corrected chi connectivity index (χ4v) is 3.50. The second-order valence-corrected chi connectivity index (χ2v) is 7.70. The first-order valence-electron chi connectivity index (χ1n) is 8.73. The molecule has 0 spiro atoms. The number of nitrogens with zero attached hydrogens (tertiary/aromatic N) is 2. The summed E-state index contributed by atoms with van der Waals surface area (Å²) in [4.78, 5) is 16.3. The third kappa shape index (κ3) is 4.35. The van der Waals surface area contributed by atoms with Crippen molar-refractivity contribution in [2.75, 3.05) is 19.6 Å². The van der Waals surface area contributed by atoms with Crippen LogP contribution in [-0.2, 0) is 4.74 Å². The van der Waals surface area contributed by atoms with Crippen molar-refractivity contribution in [2.24, 2.45) is 0 Å².